The Labute approximate surface area is 156 Å². The molecule has 1 heterocycles. The van der Waals surface area contributed by atoms with Crippen molar-refractivity contribution in [2.24, 2.45) is 5.41 Å². The van der Waals surface area contributed by atoms with Crippen LogP contribution in [0.3, 0.4) is 0 Å². The molecule has 0 aromatic carbocycles. The molecule has 3 amide bonds. The SMILES string of the molecule is COC1=CC(=O)N(C(=O)[C@@H](CCC(Cl)(Cl)Cl)NC(=O)C(C)(C)C)C1. The highest BCUT2D eigenvalue weighted by atomic mass is 35.6. The molecule has 0 spiro atoms. The van der Waals surface area contributed by atoms with Gasteiger partial charge in [-0.25, -0.2) is 0 Å². The van der Waals surface area contributed by atoms with Crippen molar-refractivity contribution in [3.05, 3.63) is 11.8 Å². The lowest BCUT2D eigenvalue weighted by Gasteiger charge is -2.27. The summed E-state index contributed by atoms with van der Waals surface area (Å²) in [6, 6.07) is -0.971. The van der Waals surface area contributed by atoms with Crippen LogP contribution in [0.5, 0.6) is 0 Å². The number of amides is 3. The number of imide groups is 1. The van der Waals surface area contributed by atoms with Crippen LogP contribution in [0.4, 0.5) is 0 Å². The van der Waals surface area contributed by atoms with Crippen molar-refractivity contribution in [2.45, 2.75) is 43.4 Å². The van der Waals surface area contributed by atoms with E-state index in [1.807, 2.05) is 0 Å². The Hall–Kier alpha value is -0.980. The molecule has 0 aromatic rings. The summed E-state index contributed by atoms with van der Waals surface area (Å²) in [6.45, 7) is 5.16. The minimum absolute atomic E-state index is 0.0177. The van der Waals surface area contributed by atoms with E-state index in [0.717, 1.165) is 4.90 Å². The Balaban J connectivity index is 2.90. The third kappa shape index (κ3) is 6.15. The number of hydrogen-bond donors (Lipinski definition) is 1. The number of nitrogens with zero attached hydrogens (tertiary/aromatic N) is 1. The molecule has 0 unspecified atom stereocenters. The van der Waals surface area contributed by atoms with E-state index >= 15 is 0 Å². The summed E-state index contributed by atoms with van der Waals surface area (Å²) >= 11 is 17.2. The highest BCUT2D eigenvalue weighted by molar-refractivity contribution is 6.67. The molecule has 9 heteroatoms. The predicted octanol–water partition coefficient (Wildman–Crippen LogP) is 2.57. The Morgan fingerprint density at radius 3 is 2.33 bits per heavy atom. The first kappa shape index (κ1) is 21.1. The van der Waals surface area contributed by atoms with Gasteiger partial charge in [0, 0.05) is 11.5 Å². The van der Waals surface area contributed by atoms with Crippen molar-refractivity contribution in [2.75, 3.05) is 13.7 Å². The van der Waals surface area contributed by atoms with Crippen LogP contribution in [0.15, 0.2) is 11.8 Å². The van der Waals surface area contributed by atoms with Gasteiger partial charge in [-0.15, -0.1) is 0 Å². The van der Waals surface area contributed by atoms with Crippen LogP contribution in [0, 0.1) is 5.41 Å². The smallest absolute Gasteiger partial charge is 0.257 e. The Morgan fingerprint density at radius 1 is 1.33 bits per heavy atom. The van der Waals surface area contributed by atoms with E-state index < -0.39 is 27.1 Å². The van der Waals surface area contributed by atoms with Gasteiger partial charge in [0.05, 0.1) is 13.7 Å². The van der Waals surface area contributed by atoms with E-state index in [1.54, 1.807) is 20.8 Å². The van der Waals surface area contributed by atoms with Gasteiger partial charge in [-0.05, 0) is 12.8 Å². The minimum atomic E-state index is -1.56. The van der Waals surface area contributed by atoms with Crippen molar-refractivity contribution < 1.29 is 19.1 Å². The average molecular weight is 400 g/mol. The number of rotatable bonds is 5. The molecule has 0 saturated carbocycles. The molecule has 0 aromatic heterocycles. The molecule has 1 N–H and O–H groups in total. The lowest BCUT2D eigenvalue weighted by atomic mass is 9.94. The second-order valence-corrected chi connectivity index (χ2v) is 9.02. The topological polar surface area (TPSA) is 75.7 Å². The molecule has 1 atom stereocenters. The number of carbonyl (C=O) groups excluding carboxylic acids is 3. The van der Waals surface area contributed by atoms with Gasteiger partial charge in [0.2, 0.25) is 5.91 Å². The molecule has 1 aliphatic rings. The van der Waals surface area contributed by atoms with Crippen molar-refractivity contribution in [3.63, 3.8) is 0 Å². The van der Waals surface area contributed by atoms with E-state index in [-0.39, 0.29) is 25.3 Å². The van der Waals surface area contributed by atoms with Gasteiger partial charge < -0.3 is 10.1 Å². The van der Waals surface area contributed by atoms with E-state index in [9.17, 15) is 14.4 Å². The van der Waals surface area contributed by atoms with Crippen LogP contribution < -0.4 is 5.32 Å². The maximum atomic E-state index is 12.7. The minimum Gasteiger partial charge on any atom is -0.499 e. The first-order valence-electron chi connectivity index (χ1n) is 7.33. The summed E-state index contributed by atoms with van der Waals surface area (Å²) in [6.07, 6.45) is 1.36. The fourth-order valence-electron chi connectivity index (χ4n) is 1.93. The van der Waals surface area contributed by atoms with Crippen LogP contribution in [-0.4, -0.2) is 46.1 Å². The summed E-state index contributed by atoms with van der Waals surface area (Å²) < 4.78 is 3.43. The predicted molar refractivity (Wildman–Crippen MR) is 92.7 cm³/mol. The monoisotopic (exact) mass is 398 g/mol. The third-order valence-corrected chi connectivity index (χ3v) is 3.96. The van der Waals surface area contributed by atoms with E-state index in [1.165, 1.54) is 13.2 Å². The van der Waals surface area contributed by atoms with Crippen molar-refractivity contribution >= 4 is 52.5 Å². The molecule has 0 fully saturated rings. The maximum absolute atomic E-state index is 12.7. The van der Waals surface area contributed by atoms with Crippen molar-refractivity contribution in [1.29, 1.82) is 0 Å². The zero-order valence-corrected chi connectivity index (χ0v) is 16.3. The number of halogens is 3. The number of nitrogens with one attached hydrogen (secondary N) is 1. The first-order valence-corrected chi connectivity index (χ1v) is 8.46. The number of ether oxygens (including phenoxy) is 1. The first-order chi connectivity index (χ1) is 10.8. The molecule has 0 aliphatic carbocycles. The van der Waals surface area contributed by atoms with E-state index in [0.29, 0.717) is 5.76 Å². The largest absolute Gasteiger partial charge is 0.499 e. The molecule has 0 saturated heterocycles. The number of carbonyl (C=O) groups is 3. The van der Waals surface area contributed by atoms with Crippen molar-refractivity contribution in [3.8, 4) is 0 Å². The number of methoxy groups -OCH3 is 1. The van der Waals surface area contributed by atoms with Gasteiger partial charge in [0.25, 0.3) is 11.8 Å². The zero-order valence-electron chi connectivity index (χ0n) is 14.0. The lowest BCUT2D eigenvalue weighted by molar-refractivity contribution is -0.144. The second kappa shape index (κ2) is 7.93. The molecule has 1 rings (SSSR count). The molecule has 24 heavy (non-hydrogen) atoms. The van der Waals surface area contributed by atoms with Crippen LogP contribution in [-0.2, 0) is 19.1 Å². The quantitative estimate of drug-likeness (QED) is 0.721. The van der Waals surface area contributed by atoms with Crippen LogP contribution in [0.2, 0.25) is 0 Å². The fraction of sp³-hybridized carbons (Fsp3) is 0.667. The van der Waals surface area contributed by atoms with Crippen LogP contribution in [0.25, 0.3) is 0 Å². The number of hydrogen-bond acceptors (Lipinski definition) is 4. The van der Waals surface area contributed by atoms with Gasteiger partial charge in [0.1, 0.15) is 11.8 Å². The average Bonchev–Trinajstić information content (AvgIpc) is 2.81. The van der Waals surface area contributed by atoms with Gasteiger partial charge >= 0.3 is 0 Å². The molecule has 0 radical (unpaired) electrons. The Bertz CT molecular complexity index is 550. The summed E-state index contributed by atoms with van der Waals surface area (Å²) in [5.74, 6) is -1.02. The van der Waals surface area contributed by atoms with Gasteiger partial charge in [0.15, 0.2) is 3.79 Å². The standard InChI is InChI=1S/C15H21Cl3N2O4/c1-14(2,3)13(23)19-10(5-6-15(16,17)18)12(22)20-8-9(24-4)7-11(20)21/h7,10H,5-6,8H2,1-4H3,(H,19,23)/t10-/m1/s1. The Kier molecular flexibility index (Phi) is 6.96. The summed E-state index contributed by atoms with van der Waals surface area (Å²) in [7, 11) is 1.41. The van der Waals surface area contributed by atoms with Gasteiger partial charge in [-0.3, -0.25) is 19.3 Å². The summed E-state index contributed by atoms with van der Waals surface area (Å²) in [4.78, 5) is 37.8. The number of alkyl halides is 3. The Morgan fingerprint density at radius 2 is 1.92 bits per heavy atom. The lowest BCUT2D eigenvalue weighted by Crippen LogP contribution is -2.52. The van der Waals surface area contributed by atoms with Gasteiger partial charge in [-0.1, -0.05) is 55.6 Å². The molecule has 1 aliphatic heterocycles. The highest BCUT2D eigenvalue weighted by Gasteiger charge is 2.36. The molecule has 136 valence electrons. The van der Waals surface area contributed by atoms with Crippen molar-refractivity contribution in [1.82, 2.24) is 10.2 Å². The molecular weight excluding hydrogens is 379 g/mol. The van der Waals surface area contributed by atoms with E-state index in [2.05, 4.69) is 5.32 Å². The molecule has 0 bridgehead atoms. The summed E-state index contributed by atoms with van der Waals surface area (Å²) in [5, 5.41) is 2.64. The summed E-state index contributed by atoms with van der Waals surface area (Å²) in [5.41, 5.74) is -0.705. The third-order valence-electron chi connectivity index (χ3n) is 3.39. The van der Waals surface area contributed by atoms with Gasteiger partial charge in [-0.2, -0.15) is 0 Å². The molecular formula is C15H21Cl3N2O4. The maximum Gasteiger partial charge on any atom is 0.257 e. The fourth-order valence-corrected chi connectivity index (χ4v) is 2.26. The highest BCUT2D eigenvalue weighted by Crippen LogP contribution is 2.32. The normalized spacial score (nSPS) is 16.7. The zero-order chi connectivity index (χ0) is 18.7. The van der Waals surface area contributed by atoms with Crippen LogP contribution in [0.1, 0.15) is 33.6 Å². The van der Waals surface area contributed by atoms with Crippen LogP contribution >= 0.6 is 34.8 Å². The van der Waals surface area contributed by atoms with E-state index in [4.69, 9.17) is 39.5 Å². The molecule has 6 nitrogen and oxygen atoms in total. The second-order valence-electron chi connectivity index (χ2n) is 6.51.